The molecule has 34 heavy (non-hydrogen) atoms. The Morgan fingerprint density at radius 2 is 1.79 bits per heavy atom. The summed E-state index contributed by atoms with van der Waals surface area (Å²) >= 11 is 0. The highest BCUT2D eigenvalue weighted by Gasteiger charge is 2.31. The Balaban J connectivity index is 1.36. The first kappa shape index (κ1) is 22.0. The van der Waals surface area contributed by atoms with Gasteiger partial charge < -0.3 is 4.42 Å². The summed E-state index contributed by atoms with van der Waals surface area (Å²) in [5.41, 5.74) is 3.92. The monoisotopic (exact) mass is 476 g/mol. The quantitative estimate of drug-likeness (QED) is 0.369. The van der Waals surface area contributed by atoms with Gasteiger partial charge in [-0.3, -0.25) is 4.79 Å². The number of carbonyl (C=O) groups is 1. The summed E-state index contributed by atoms with van der Waals surface area (Å²) < 4.78 is 43.8. The van der Waals surface area contributed by atoms with Gasteiger partial charge in [-0.2, -0.15) is 5.10 Å². The third-order valence-corrected chi connectivity index (χ3v) is 7.61. The van der Waals surface area contributed by atoms with Crippen LogP contribution in [0, 0.1) is 5.82 Å². The number of halogens is 1. The SMILES string of the molecule is CC(=O)N1N=C(c2ccc(CS(=O)(=O)c3ccc(F)cc3)cc2)CC1c1ccc2occc2c1. The number of sulfone groups is 1. The minimum Gasteiger partial charge on any atom is -0.464 e. The first-order valence-corrected chi connectivity index (χ1v) is 12.4. The van der Waals surface area contributed by atoms with Crippen LogP contribution >= 0.6 is 0 Å². The molecule has 8 heteroatoms. The van der Waals surface area contributed by atoms with Crippen LogP contribution in [0.4, 0.5) is 4.39 Å². The maximum atomic E-state index is 13.1. The summed E-state index contributed by atoms with van der Waals surface area (Å²) in [4.78, 5) is 12.4. The van der Waals surface area contributed by atoms with E-state index >= 15 is 0 Å². The number of hydrogen-bond acceptors (Lipinski definition) is 5. The van der Waals surface area contributed by atoms with Crippen molar-refractivity contribution in [3.63, 3.8) is 0 Å². The molecule has 1 amide bonds. The van der Waals surface area contributed by atoms with Crippen molar-refractivity contribution in [1.29, 1.82) is 0 Å². The Labute approximate surface area is 196 Å². The van der Waals surface area contributed by atoms with Crippen LogP contribution in [0.15, 0.2) is 93.5 Å². The fraction of sp³-hybridized carbons (Fsp3) is 0.154. The Morgan fingerprint density at radius 1 is 1.06 bits per heavy atom. The average molecular weight is 477 g/mol. The van der Waals surface area contributed by atoms with E-state index in [2.05, 4.69) is 5.10 Å². The lowest BCUT2D eigenvalue weighted by atomic mass is 9.97. The number of furan rings is 1. The largest absolute Gasteiger partial charge is 0.464 e. The third-order valence-electron chi connectivity index (χ3n) is 5.91. The highest BCUT2D eigenvalue weighted by atomic mass is 32.2. The molecular formula is C26H21FN2O4S. The maximum Gasteiger partial charge on any atom is 0.240 e. The van der Waals surface area contributed by atoms with Gasteiger partial charge in [0.05, 0.1) is 28.7 Å². The topological polar surface area (TPSA) is 80.0 Å². The van der Waals surface area contributed by atoms with E-state index in [9.17, 15) is 17.6 Å². The minimum atomic E-state index is -3.60. The van der Waals surface area contributed by atoms with Crippen LogP contribution in [0.3, 0.4) is 0 Å². The second-order valence-electron chi connectivity index (χ2n) is 8.26. The Kier molecular flexibility index (Phi) is 5.53. The van der Waals surface area contributed by atoms with Gasteiger partial charge in [0.1, 0.15) is 11.4 Å². The first-order valence-electron chi connectivity index (χ1n) is 10.7. The summed E-state index contributed by atoms with van der Waals surface area (Å²) in [7, 11) is -3.60. The van der Waals surface area contributed by atoms with Crippen molar-refractivity contribution in [3.05, 3.63) is 102 Å². The van der Waals surface area contributed by atoms with E-state index in [0.29, 0.717) is 12.0 Å². The van der Waals surface area contributed by atoms with Crippen molar-refractivity contribution in [1.82, 2.24) is 5.01 Å². The van der Waals surface area contributed by atoms with E-state index in [4.69, 9.17) is 4.42 Å². The zero-order valence-corrected chi connectivity index (χ0v) is 19.1. The predicted molar refractivity (Wildman–Crippen MR) is 126 cm³/mol. The molecule has 0 bridgehead atoms. The van der Waals surface area contributed by atoms with Crippen molar-refractivity contribution in [2.45, 2.75) is 30.0 Å². The molecule has 0 saturated heterocycles. The van der Waals surface area contributed by atoms with Gasteiger partial charge in [0, 0.05) is 18.7 Å². The smallest absolute Gasteiger partial charge is 0.240 e. The van der Waals surface area contributed by atoms with Crippen molar-refractivity contribution in [3.8, 4) is 0 Å². The van der Waals surface area contributed by atoms with E-state index in [1.54, 1.807) is 18.4 Å². The maximum absolute atomic E-state index is 13.1. The fourth-order valence-corrected chi connectivity index (χ4v) is 5.51. The molecule has 3 aromatic carbocycles. The number of benzene rings is 3. The number of amides is 1. The molecule has 0 N–H and O–H groups in total. The zero-order valence-electron chi connectivity index (χ0n) is 18.3. The van der Waals surface area contributed by atoms with Gasteiger partial charge in [0.25, 0.3) is 0 Å². The molecule has 4 aromatic rings. The predicted octanol–water partition coefficient (Wildman–Crippen LogP) is 5.24. The summed E-state index contributed by atoms with van der Waals surface area (Å²) in [6.45, 7) is 1.49. The number of hydrazone groups is 1. The molecule has 6 nitrogen and oxygen atoms in total. The minimum absolute atomic E-state index is 0.0766. The molecule has 1 unspecified atom stereocenters. The van der Waals surface area contributed by atoms with Crippen molar-refractivity contribution >= 4 is 32.4 Å². The van der Waals surface area contributed by atoms with Crippen molar-refractivity contribution in [2.24, 2.45) is 5.10 Å². The summed E-state index contributed by atoms with van der Waals surface area (Å²) in [6.07, 6.45) is 2.17. The molecule has 1 aliphatic heterocycles. The van der Waals surface area contributed by atoms with Gasteiger partial charge in [0.2, 0.25) is 5.91 Å². The third kappa shape index (κ3) is 4.24. The number of rotatable bonds is 5. The van der Waals surface area contributed by atoms with Gasteiger partial charge in [-0.1, -0.05) is 30.3 Å². The average Bonchev–Trinajstić information content (AvgIpc) is 3.46. The number of hydrogen-bond donors (Lipinski definition) is 0. The molecule has 2 heterocycles. The number of nitrogens with zero attached hydrogens (tertiary/aromatic N) is 2. The van der Waals surface area contributed by atoms with Crippen LogP contribution in [0.1, 0.15) is 36.1 Å². The molecule has 1 aliphatic rings. The normalized spacial score (nSPS) is 16.1. The molecule has 172 valence electrons. The van der Waals surface area contributed by atoms with Gasteiger partial charge in [-0.25, -0.2) is 17.8 Å². The second kappa shape index (κ2) is 8.53. The van der Waals surface area contributed by atoms with Gasteiger partial charge in [-0.05, 0) is 59.2 Å². The van der Waals surface area contributed by atoms with E-state index < -0.39 is 15.7 Å². The van der Waals surface area contributed by atoms with Crippen LogP contribution in [0.25, 0.3) is 11.0 Å². The molecule has 0 spiro atoms. The Bertz CT molecular complexity index is 1510. The lowest BCUT2D eigenvalue weighted by molar-refractivity contribution is -0.130. The van der Waals surface area contributed by atoms with E-state index in [0.717, 1.165) is 39.9 Å². The Morgan fingerprint density at radius 3 is 2.50 bits per heavy atom. The molecular weight excluding hydrogens is 455 g/mol. The van der Waals surface area contributed by atoms with Crippen LogP contribution in [-0.2, 0) is 20.4 Å². The summed E-state index contributed by atoms with van der Waals surface area (Å²) in [5, 5.41) is 7.02. The first-order chi connectivity index (χ1) is 16.3. The van der Waals surface area contributed by atoms with Crippen LogP contribution in [0.5, 0.6) is 0 Å². The van der Waals surface area contributed by atoms with E-state index in [1.165, 1.54) is 24.1 Å². The zero-order chi connectivity index (χ0) is 23.9. The van der Waals surface area contributed by atoms with E-state index in [-0.39, 0.29) is 22.6 Å². The molecule has 1 atom stereocenters. The van der Waals surface area contributed by atoms with Gasteiger partial charge in [-0.15, -0.1) is 0 Å². The molecule has 0 fully saturated rings. The van der Waals surface area contributed by atoms with Crippen molar-refractivity contribution < 1.29 is 22.0 Å². The van der Waals surface area contributed by atoms with E-state index in [1.807, 2.05) is 36.4 Å². The Hall–Kier alpha value is -3.78. The number of fused-ring (bicyclic) bond motifs is 1. The lowest BCUT2D eigenvalue weighted by Crippen LogP contribution is -2.24. The van der Waals surface area contributed by atoms with Gasteiger partial charge >= 0.3 is 0 Å². The lowest BCUT2D eigenvalue weighted by Gasteiger charge is -2.20. The fourth-order valence-electron chi connectivity index (χ4n) is 4.17. The van der Waals surface area contributed by atoms with Crippen LogP contribution < -0.4 is 0 Å². The van der Waals surface area contributed by atoms with Crippen LogP contribution in [-0.4, -0.2) is 25.0 Å². The molecule has 1 aromatic heterocycles. The second-order valence-corrected chi connectivity index (χ2v) is 10.2. The van der Waals surface area contributed by atoms with Gasteiger partial charge in [0.15, 0.2) is 9.84 Å². The standard InChI is InChI=1S/C26H21FN2O4S/c1-17(30)29-25(20-6-11-26-21(14-20)12-13-33-26)15-24(28-29)19-4-2-18(3-5-19)16-34(31,32)23-9-7-22(27)8-10-23/h2-14,25H,15-16H2,1H3. The summed E-state index contributed by atoms with van der Waals surface area (Å²) in [5.74, 6) is -0.837. The highest BCUT2D eigenvalue weighted by Crippen LogP contribution is 2.34. The molecule has 5 rings (SSSR count). The number of carbonyl (C=O) groups excluding carboxylic acids is 1. The molecule has 0 radical (unpaired) electrons. The molecule has 0 aliphatic carbocycles. The highest BCUT2D eigenvalue weighted by molar-refractivity contribution is 7.90. The summed E-state index contributed by atoms with van der Waals surface area (Å²) in [6, 6.07) is 19.4. The molecule has 0 saturated carbocycles. The van der Waals surface area contributed by atoms with Crippen LogP contribution in [0.2, 0.25) is 0 Å². The van der Waals surface area contributed by atoms with Crippen molar-refractivity contribution in [2.75, 3.05) is 0 Å².